The highest BCUT2D eigenvalue weighted by Gasteiger charge is 2.29. The van der Waals surface area contributed by atoms with E-state index < -0.39 is 10.0 Å². The van der Waals surface area contributed by atoms with Gasteiger partial charge in [-0.2, -0.15) is 9.40 Å². The second-order valence-corrected chi connectivity index (χ2v) is 9.68. The Morgan fingerprint density at radius 3 is 2.44 bits per heavy atom. The number of rotatable bonds is 6. The number of fused-ring (bicyclic) bond motifs is 1. The molecule has 0 bridgehead atoms. The van der Waals surface area contributed by atoms with Gasteiger partial charge in [0.25, 0.3) is 5.91 Å². The van der Waals surface area contributed by atoms with E-state index >= 15 is 0 Å². The van der Waals surface area contributed by atoms with Crippen LogP contribution >= 0.6 is 0 Å². The predicted octanol–water partition coefficient (Wildman–Crippen LogP) is 0.695. The van der Waals surface area contributed by atoms with Gasteiger partial charge < -0.3 is 14.4 Å². The Morgan fingerprint density at radius 1 is 1.09 bits per heavy atom. The molecular formula is C20H28N8O3S. The third kappa shape index (κ3) is 3.73. The zero-order valence-electron chi connectivity index (χ0n) is 18.8. The summed E-state index contributed by atoms with van der Waals surface area (Å²) < 4.78 is 30.3. The largest absolute Gasteiger partial charge is 0.352 e. The maximum atomic E-state index is 13.2. The van der Waals surface area contributed by atoms with Crippen LogP contribution in [0.2, 0.25) is 0 Å². The van der Waals surface area contributed by atoms with Crippen LogP contribution in [0.1, 0.15) is 24.3 Å². The zero-order chi connectivity index (χ0) is 23.0. The molecule has 1 aliphatic rings. The van der Waals surface area contributed by atoms with Gasteiger partial charge in [-0.3, -0.25) is 9.48 Å². The molecule has 0 unspecified atom stereocenters. The van der Waals surface area contributed by atoms with Crippen LogP contribution in [0.4, 0.5) is 5.82 Å². The van der Waals surface area contributed by atoms with Crippen molar-refractivity contribution in [1.82, 2.24) is 33.5 Å². The van der Waals surface area contributed by atoms with Crippen molar-refractivity contribution < 1.29 is 13.2 Å². The van der Waals surface area contributed by atoms with E-state index in [1.807, 2.05) is 7.05 Å². The number of anilines is 1. The van der Waals surface area contributed by atoms with Gasteiger partial charge in [-0.15, -0.1) is 0 Å². The predicted molar refractivity (Wildman–Crippen MR) is 120 cm³/mol. The van der Waals surface area contributed by atoms with Crippen molar-refractivity contribution in [2.45, 2.75) is 18.7 Å². The minimum Gasteiger partial charge on any atom is -0.352 e. The molecule has 0 aromatic carbocycles. The molecule has 172 valence electrons. The summed E-state index contributed by atoms with van der Waals surface area (Å²) in [5.41, 5.74) is 1.13. The van der Waals surface area contributed by atoms with Crippen molar-refractivity contribution in [3.8, 4) is 0 Å². The van der Waals surface area contributed by atoms with Crippen LogP contribution in [0.3, 0.4) is 0 Å². The summed E-state index contributed by atoms with van der Waals surface area (Å²) in [5, 5.41) is 5.14. The van der Waals surface area contributed by atoms with Gasteiger partial charge in [-0.05, 0) is 6.07 Å². The summed E-state index contributed by atoms with van der Waals surface area (Å²) in [6, 6.07) is 1.48. The molecule has 4 heterocycles. The molecule has 1 amide bonds. The van der Waals surface area contributed by atoms with Gasteiger partial charge in [-0.1, -0.05) is 13.8 Å². The molecule has 0 N–H and O–H groups in total. The van der Waals surface area contributed by atoms with E-state index in [1.165, 1.54) is 22.9 Å². The number of amides is 1. The van der Waals surface area contributed by atoms with Gasteiger partial charge in [0.2, 0.25) is 10.0 Å². The van der Waals surface area contributed by atoms with E-state index in [1.54, 1.807) is 41.2 Å². The van der Waals surface area contributed by atoms with E-state index in [-0.39, 0.29) is 10.8 Å². The first-order chi connectivity index (χ1) is 15.3. The number of carbonyl (C=O) groups is 1. The highest BCUT2D eigenvalue weighted by Crippen LogP contribution is 2.24. The third-order valence-electron chi connectivity index (χ3n) is 5.92. The van der Waals surface area contributed by atoms with Gasteiger partial charge in [-0.25, -0.2) is 18.4 Å². The molecule has 32 heavy (non-hydrogen) atoms. The summed E-state index contributed by atoms with van der Waals surface area (Å²) in [6.07, 6.45) is 4.79. The van der Waals surface area contributed by atoms with Crippen molar-refractivity contribution in [1.29, 1.82) is 0 Å². The molecule has 3 aromatic heterocycles. The molecule has 0 radical (unpaired) electrons. The fourth-order valence-corrected chi connectivity index (χ4v) is 5.62. The summed E-state index contributed by atoms with van der Waals surface area (Å²) in [7, 11) is -0.0825. The summed E-state index contributed by atoms with van der Waals surface area (Å²) in [5.74, 6) is 0.629. The SMILES string of the molecule is CCN(CC)S(=O)(=O)c1cc(C(=O)N2CCN(c3ncnc4c3cnn4C)CC2)n(C)c1. The molecule has 1 fully saturated rings. The monoisotopic (exact) mass is 460 g/mol. The average Bonchev–Trinajstić information content (AvgIpc) is 3.37. The smallest absolute Gasteiger partial charge is 0.270 e. The van der Waals surface area contributed by atoms with E-state index in [2.05, 4.69) is 20.0 Å². The standard InChI is InChI=1S/C20H28N8O3S/c1-5-28(6-2)32(30,31)15-11-17(24(3)13-15)20(29)27-9-7-26(8-10-27)19-16-12-23-25(4)18(16)21-14-22-19/h11-14H,5-10H2,1-4H3. The van der Waals surface area contributed by atoms with Crippen molar-refractivity contribution >= 4 is 32.8 Å². The molecule has 1 saturated heterocycles. The van der Waals surface area contributed by atoms with Crippen LogP contribution in [-0.4, -0.2) is 87.1 Å². The second kappa shape index (κ2) is 8.51. The quantitative estimate of drug-likeness (QED) is 0.532. The van der Waals surface area contributed by atoms with Gasteiger partial charge in [0, 0.05) is 59.6 Å². The van der Waals surface area contributed by atoms with Gasteiger partial charge in [0.15, 0.2) is 5.65 Å². The van der Waals surface area contributed by atoms with Crippen LogP contribution in [0.25, 0.3) is 11.0 Å². The molecule has 3 aromatic rings. The topological polar surface area (TPSA) is 109 Å². The number of piperazine rings is 1. The lowest BCUT2D eigenvalue weighted by atomic mass is 10.2. The lowest BCUT2D eigenvalue weighted by Gasteiger charge is -2.35. The molecule has 12 heteroatoms. The molecule has 11 nitrogen and oxygen atoms in total. The Hall–Kier alpha value is -2.99. The maximum absolute atomic E-state index is 13.2. The number of aromatic nitrogens is 5. The second-order valence-electron chi connectivity index (χ2n) is 7.74. The highest BCUT2D eigenvalue weighted by atomic mass is 32.2. The Morgan fingerprint density at radius 2 is 1.78 bits per heavy atom. The minimum absolute atomic E-state index is 0.144. The Bertz CT molecular complexity index is 1240. The number of aryl methyl sites for hydroxylation is 2. The van der Waals surface area contributed by atoms with Crippen molar-refractivity contribution in [2.24, 2.45) is 14.1 Å². The van der Waals surface area contributed by atoms with Crippen molar-refractivity contribution in [3.63, 3.8) is 0 Å². The number of nitrogens with zero attached hydrogens (tertiary/aromatic N) is 8. The van der Waals surface area contributed by atoms with Crippen molar-refractivity contribution in [2.75, 3.05) is 44.2 Å². The molecule has 4 rings (SSSR count). The van der Waals surface area contributed by atoms with Gasteiger partial charge in [0.05, 0.1) is 11.6 Å². The number of hydrogen-bond acceptors (Lipinski definition) is 7. The lowest BCUT2D eigenvalue weighted by Crippen LogP contribution is -2.49. The fourth-order valence-electron chi connectivity index (χ4n) is 4.09. The Kier molecular flexibility index (Phi) is 5.91. The average molecular weight is 461 g/mol. The number of sulfonamides is 1. The fraction of sp³-hybridized carbons (Fsp3) is 0.500. The van der Waals surface area contributed by atoms with Crippen LogP contribution < -0.4 is 4.90 Å². The number of hydrogen-bond donors (Lipinski definition) is 0. The van der Waals surface area contributed by atoms with E-state index in [0.29, 0.717) is 45.0 Å². The highest BCUT2D eigenvalue weighted by molar-refractivity contribution is 7.89. The van der Waals surface area contributed by atoms with Crippen LogP contribution in [-0.2, 0) is 24.1 Å². The van der Waals surface area contributed by atoms with E-state index in [0.717, 1.165) is 16.9 Å². The van der Waals surface area contributed by atoms with E-state index in [9.17, 15) is 13.2 Å². The van der Waals surface area contributed by atoms with Crippen LogP contribution in [0.5, 0.6) is 0 Å². The summed E-state index contributed by atoms with van der Waals surface area (Å²) >= 11 is 0. The summed E-state index contributed by atoms with van der Waals surface area (Å²) in [4.78, 5) is 25.9. The normalized spacial score (nSPS) is 15.2. The number of carbonyl (C=O) groups excluding carboxylic acids is 1. The first kappa shape index (κ1) is 22.2. The molecule has 0 spiro atoms. The van der Waals surface area contributed by atoms with Gasteiger partial charge >= 0.3 is 0 Å². The minimum atomic E-state index is -3.62. The zero-order valence-corrected chi connectivity index (χ0v) is 19.6. The Balaban J connectivity index is 1.50. The van der Waals surface area contributed by atoms with E-state index in [4.69, 9.17) is 0 Å². The van der Waals surface area contributed by atoms with Crippen molar-refractivity contribution in [3.05, 3.63) is 30.5 Å². The summed E-state index contributed by atoms with van der Waals surface area (Å²) in [6.45, 7) is 6.60. The van der Waals surface area contributed by atoms with Gasteiger partial charge in [0.1, 0.15) is 22.7 Å². The molecule has 0 aliphatic carbocycles. The lowest BCUT2D eigenvalue weighted by molar-refractivity contribution is 0.0737. The molecule has 0 atom stereocenters. The van der Waals surface area contributed by atoms with Crippen LogP contribution in [0, 0.1) is 0 Å². The Labute approximate surface area is 187 Å². The first-order valence-corrected chi connectivity index (χ1v) is 12.0. The van der Waals surface area contributed by atoms with Crippen LogP contribution in [0.15, 0.2) is 29.7 Å². The molecule has 0 saturated carbocycles. The third-order valence-corrected chi connectivity index (χ3v) is 7.93. The maximum Gasteiger partial charge on any atom is 0.270 e. The molecule has 1 aliphatic heterocycles. The molecular weight excluding hydrogens is 432 g/mol. The first-order valence-electron chi connectivity index (χ1n) is 10.6.